The number of carbonyl (C=O) groups is 1. The average Bonchev–Trinajstić information content (AvgIpc) is 3.18. The van der Waals surface area contributed by atoms with Crippen LogP contribution in [0.25, 0.3) is 11.0 Å². The molecule has 0 amide bonds. The number of piperidine rings is 1. The van der Waals surface area contributed by atoms with Crippen LogP contribution in [0.2, 0.25) is 20.1 Å². The Bertz CT molecular complexity index is 1290. The highest BCUT2D eigenvalue weighted by Gasteiger charge is 2.42. The number of hydrogen-bond acceptors (Lipinski definition) is 5. The van der Waals surface area contributed by atoms with Gasteiger partial charge in [-0.3, -0.25) is 0 Å². The molecule has 0 spiro atoms. The Morgan fingerprint density at radius 1 is 1.14 bits per heavy atom. The smallest absolute Gasteiger partial charge is 0.484 e. The van der Waals surface area contributed by atoms with Crippen LogP contribution >= 0.6 is 46.4 Å². The summed E-state index contributed by atoms with van der Waals surface area (Å²) in [6.45, 7) is 1.35. The maximum atomic E-state index is 12.9. The molecule has 200 valence electrons. The van der Waals surface area contributed by atoms with Gasteiger partial charge in [0, 0.05) is 17.6 Å². The summed E-state index contributed by atoms with van der Waals surface area (Å²) in [4.78, 5) is 16.1. The Labute approximate surface area is 230 Å². The van der Waals surface area contributed by atoms with Crippen molar-refractivity contribution in [1.29, 1.82) is 0 Å². The van der Waals surface area contributed by atoms with Crippen molar-refractivity contribution < 1.29 is 27.4 Å². The molecule has 0 aliphatic carbocycles. The third kappa shape index (κ3) is 6.75. The molecule has 1 unspecified atom stereocenters. The van der Waals surface area contributed by atoms with E-state index < -0.39 is 17.9 Å². The monoisotopic (exact) mass is 597 g/mol. The normalized spacial score (nSPS) is 16.2. The third-order valence-corrected chi connectivity index (χ3v) is 7.30. The summed E-state index contributed by atoms with van der Waals surface area (Å²) < 4.78 is 51.1. The molecule has 4 rings (SSSR count). The fraction of sp³-hybridized carbons (Fsp3) is 0.417. The minimum Gasteiger partial charge on any atom is -0.484 e. The van der Waals surface area contributed by atoms with Crippen LogP contribution in [0.5, 0.6) is 11.5 Å². The summed E-state index contributed by atoms with van der Waals surface area (Å²) in [5, 5.41) is 3.77. The molecule has 0 bridgehead atoms. The summed E-state index contributed by atoms with van der Waals surface area (Å²) in [5.74, 6) is -2.29. The number of rotatable bonds is 8. The highest BCUT2D eigenvalue weighted by molar-refractivity contribution is 6.44. The number of imidazole rings is 1. The molecule has 3 aromatic rings. The molecule has 0 saturated carbocycles. The van der Waals surface area contributed by atoms with E-state index in [1.165, 1.54) is 12.1 Å². The van der Waals surface area contributed by atoms with Crippen molar-refractivity contribution in [3.05, 3.63) is 50.2 Å². The first-order valence-electron chi connectivity index (χ1n) is 11.5. The Morgan fingerprint density at radius 2 is 1.92 bits per heavy atom. The molecule has 37 heavy (non-hydrogen) atoms. The zero-order chi connectivity index (χ0) is 26.7. The van der Waals surface area contributed by atoms with Gasteiger partial charge < -0.3 is 19.4 Å². The van der Waals surface area contributed by atoms with E-state index in [2.05, 4.69) is 15.0 Å². The Hall–Kier alpha value is -1.91. The molecule has 1 aliphatic heterocycles. The van der Waals surface area contributed by atoms with Gasteiger partial charge in [-0.25, -0.2) is 9.78 Å². The van der Waals surface area contributed by atoms with Crippen LogP contribution in [-0.2, 0) is 17.9 Å². The number of carbonyl (C=O) groups excluding carboxylic acids is 1. The standard InChI is InChI=1S/C24H22Cl4F3N3O3/c25-13-6-7-18(15(26)10-13)36-12-19-33-21-17(34(19)9-3-5-14-4-1-2-8-32-14)11-16(27)20(28)22(21)37-23(35)24(29,30)31/h6-7,10-11,14,32H,1-5,8-9,12H2. The van der Waals surface area contributed by atoms with Gasteiger partial charge in [0.2, 0.25) is 0 Å². The molecule has 6 nitrogen and oxygen atoms in total. The minimum atomic E-state index is -5.23. The van der Waals surface area contributed by atoms with Crippen molar-refractivity contribution in [3.63, 3.8) is 0 Å². The van der Waals surface area contributed by atoms with Crippen LogP contribution in [0.1, 0.15) is 37.9 Å². The number of alkyl halides is 3. The van der Waals surface area contributed by atoms with Crippen molar-refractivity contribution in [1.82, 2.24) is 14.9 Å². The van der Waals surface area contributed by atoms with E-state index in [4.69, 9.17) is 51.1 Å². The molecule has 1 saturated heterocycles. The number of halogens is 7. The summed E-state index contributed by atoms with van der Waals surface area (Å²) in [7, 11) is 0. The van der Waals surface area contributed by atoms with Gasteiger partial charge >= 0.3 is 12.1 Å². The fourth-order valence-corrected chi connectivity index (χ4v) is 5.06. The second kappa shape index (κ2) is 11.9. The summed E-state index contributed by atoms with van der Waals surface area (Å²) in [6.07, 6.45) is -0.208. The lowest BCUT2D eigenvalue weighted by atomic mass is 10.0. The highest BCUT2D eigenvalue weighted by atomic mass is 35.5. The Balaban J connectivity index is 1.69. The number of nitrogens with one attached hydrogen (secondary N) is 1. The van der Waals surface area contributed by atoms with Crippen LogP contribution in [0.3, 0.4) is 0 Å². The van der Waals surface area contributed by atoms with E-state index in [-0.39, 0.29) is 27.2 Å². The van der Waals surface area contributed by atoms with E-state index in [1.807, 2.05) is 0 Å². The predicted molar refractivity (Wildman–Crippen MR) is 137 cm³/mol. The van der Waals surface area contributed by atoms with Crippen molar-refractivity contribution in [2.45, 2.75) is 57.5 Å². The summed E-state index contributed by atoms with van der Waals surface area (Å²) in [6, 6.07) is 6.59. The molecule has 1 fully saturated rings. The SMILES string of the molecule is O=C(Oc1c(Cl)c(Cl)cc2c1nc(COc1ccc(Cl)cc1Cl)n2CCCC1CCCCN1)C(F)(F)F. The lowest BCUT2D eigenvalue weighted by Gasteiger charge is -2.23. The summed E-state index contributed by atoms with van der Waals surface area (Å²) >= 11 is 24.5. The van der Waals surface area contributed by atoms with Gasteiger partial charge in [-0.05, 0) is 56.5 Å². The van der Waals surface area contributed by atoms with Crippen molar-refractivity contribution >= 4 is 63.4 Å². The quantitative estimate of drug-likeness (QED) is 0.213. The van der Waals surface area contributed by atoms with Crippen LogP contribution in [-0.4, -0.2) is 34.3 Å². The molecule has 2 heterocycles. The number of aryl methyl sites for hydroxylation is 1. The fourth-order valence-electron chi connectivity index (χ4n) is 4.23. The maximum absolute atomic E-state index is 12.9. The van der Waals surface area contributed by atoms with Crippen molar-refractivity contribution in [3.8, 4) is 11.5 Å². The van der Waals surface area contributed by atoms with Gasteiger partial charge in [0.15, 0.2) is 5.75 Å². The van der Waals surface area contributed by atoms with E-state index in [1.54, 1.807) is 16.7 Å². The third-order valence-electron chi connectivity index (χ3n) is 6.00. The molecule has 1 N–H and O–H groups in total. The van der Waals surface area contributed by atoms with Crippen LogP contribution < -0.4 is 14.8 Å². The number of ether oxygens (including phenoxy) is 2. The number of benzene rings is 2. The number of aromatic nitrogens is 2. The number of esters is 1. The highest BCUT2D eigenvalue weighted by Crippen LogP contribution is 2.40. The van der Waals surface area contributed by atoms with Gasteiger partial charge in [-0.15, -0.1) is 0 Å². The van der Waals surface area contributed by atoms with Gasteiger partial charge in [0.05, 0.1) is 15.6 Å². The topological polar surface area (TPSA) is 65.4 Å². The lowest BCUT2D eigenvalue weighted by Crippen LogP contribution is -2.34. The number of nitrogens with zero attached hydrogens (tertiary/aromatic N) is 2. The van der Waals surface area contributed by atoms with Crippen LogP contribution in [0.15, 0.2) is 24.3 Å². The Kier molecular flexibility index (Phi) is 9.01. The number of hydrogen-bond donors (Lipinski definition) is 1. The molecule has 1 aromatic heterocycles. The van der Waals surface area contributed by atoms with Crippen molar-refractivity contribution in [2.24, 2.45) is 0 Å². The largest absolute Gasteiger partial charge is 0.491 e. The van der Waals surface area contributed by atoms with Crippen LogP contribution in [0, 0.1) is 0 Å². The molecule has 13 heteroatoms. The first-order valence-corrected chi connectivity index (χ1v) is 13.0. The lowest BCUT2D eigenvalue weighted by molar-refractivity contribution is -0.189. The van der Waals surface area contributed by atoms with E-state index in [0.29, 0.717) is 34.7 Å². The minimum absolute atomic E-state index is 0.0383. The zero-order valence-corrected chi connectivity index (χ0v) is 22.3. The zero-order valence-electron chi connectivity index (χ0n) is 19.3. The summed E-state index contributed by atoms with van der Waals surface area (Å²) in [5.41, 5.74) is 0.320. The number of fused-ring (bicyclic) bond motifs is 1. The van der Waals surface area contributed by atoms with Gasteiger partial charge in [0.25, 0.3) is 0 Å². The molecule has 1 atom stereocenters. The first kappa shape index (κ1) is 28.1. The first-order chi connectivity index (χ1) is 17.5. The van der Waals surface area contributed by atoms with Crippen LogP contribution in [0.4, 0.5) is 13.2 Å². The molecule has 2 aromatic carbocycles. The average molecular weight is 599 g/mol. The second-order valence-corrected chi connectivity index (χ2v) is 10.2. The molecular weight excluding hydrogens is 577 g/mol. The Morgan fingerprint density at radius 3 is 2.59 bits per heavy atom. The van der Waals surface area contributed by atoms with Gasteiger partial charge in [-0.2, -0.15) is 13.2 Å². The predicted octanol–water partition coefficient (Wildman–Crippen LogP) is 7.62. The van der Waals surface area contributed by atoms with Gasteiger partial charge in [0.1, 0.15) is 28.7 Å². The molecule has 0 radical (unpaired) electrons. The van der Waals surface area contributed by atoms with E-state index >= 15 is 0 Å². The maximum Gasteiger partial charge on any atom is 0.491 e. The molecular formula is C24H22Cl4F3N3O3. The van der Waals surface area contributed by atoms with Gasteiger partial charge in [-0.1, -0.05) is 52.8 Å². The molecule has 1 aliphatic rings. The van der Waals surface area contributed by atoms with E-state index in [9.17, 15) is 18.0 Å². The van der Waals surface area contributed by atoms with E-state index in [0.717, 1.165) is 38.6 Å². The van der Waals surface area contributed by atoms with Crippen molar-refractivity contribution in [2.75, 3.05) is 6.54 Å². The second-order valence-electron chi connectivity index (χ2n) is 8.59.